The number of para-hydroxylation sites is 1. The molecule has 3 heteroatoms. The number of aliphatic hydroxyl groups excluding tert-OH is 1. The van der Waals surface area contributed by atoms with Crippen molar-refractivity contribution in [3.63, 3.8) is 0 Å². The molecule has 20 heavy (non-hydrogen) atoms. The van der Waals surface area contributed by atoms with Crippen LogP contribution in [0.4, 0.5) is 4.39 Å². The number of fused-ring (bicyclic) bond motifs is 1. The molecule has 0 saturated heterocycles. The summed E-state index contributed by atoms with van der Waals surface area (Å²) in [5.41, 5.74) is 3.18. The zero-order chi connectivity index (χ0) is 14.1. The molecule has 0 bridgehead atoms. The third-order valence-corrected chi connectivity index (χ3v) is 3.64. The number of rotatable bonds is 2. The average molecular weight is 272 g/mol. The van der Waals surface area contributed by atoms with Crippen molar-refractivity contribution in [2.24, 2.45) is 0 Å². The monoisotopic (exact) mass is 272 g/mol. The van der Waals surface area contributed by atoms with Gasteiger partial charge in [-0.25, -0.2) is 4.39 Å². The van der Waals surface area contributed by atoms with Gasteiger partial charge in [0.15, 0.2) is 0 Å². The molecule has 1 N–H and O–H groups in total. The molecular formula is C17H17FO2. The number of ether oxygens (including phenoxy) is 1. The van der Waals surface area contributed by atoms with Crippen molar-refractivity contribution < 1.29 is 14.2 Å². The molecule has 2 aromatic carbocycles. The van der Waals surface area contributed by atoms with Crippen molar-refractivity contribution in [1.82, 2.24) is 0 Å². The first-order valence-corrected chi connectivity index (χ1v) is 6.85. The maximum absolute atomic E-state index is 13.5. The predicted octanol–water partition coefficient (Wildman–Crippen LogP) is 3.54. The van der Waals surface area contributed by atoms with Crippen LogP contribution >= 0.6 is 0 Å². The highest BCUT2D eigenvalue weighted by molar-refractivity contribution is 5.47. The highest BCUT2D eigenvalue weighted by Crippen LogP contribution is 2.35. The smallest absolute Gasteiger partial charge is 0.128 e. The molecule has 0 fully saturated rings. The summed E-state index contributed by atoms with van der Waals surface area (Å²) in [4.78, 5) is 0. The Bertz CT molecular complexity index is 617. The fraction of sp³-hybridized carbons (Fsp3) is 0.294. The van der Waals surface area contributed by atoms with E-state index in [1.54, 1.807) is 6.07 Å². The lowest BCUT2D eigenvalue weighted by Gasteiger charge is -2.23. The summed E-state index contributed by atoms with van der Waals surface area (Å²) >= 11 is 0. The van der Waals surface area contributed by atoms with Gasteiger partial charge in [-0.1, -0.05) is 24.3 Å². The number of aryl methyl sites for hydroxylation is 2. The molecule has 1 atom stereocenters. The van der Waals surface area contributed by atoms with E-state index in [1.807, 2.05) is 25.1 Å². The molecular weight excluding hydrogens is 255 g/mol. The molecule has 0 spiro atoms. The summed E-state index contributed by atoms with van der Waals surface area (Å²) in [6.07, 6.45) is 1.08. The summed E-state index contributed by atoms with van der Waals surface area (Å²) in [6.45, 7) is 2.48. The van der Waals surface area contributed by atoms with Crippen LogP contribution in [0, 0.1) is 12.7 Å². The second kappa shape index (κ2) is 5.25. The molecule has 0 aliphatic carbocycles. The largest absolute Gasteiger partial charge is 0.493 e. The van der Waals surface area contributed by atoms with Gasteiger partial charge in [-0.3, -0.25) is 0 Å². The van der Waals surface area contributed by atoms with E-state index in [0.29, 0.717) is 17.7 Å². The van der Waals surface area contributed by atoms with Crippen LogP contribution in [0.1, 0.15) is 34.8 Å². The zero-order valence-corrected chi connectivity index (χ0v) is 11.4. The standard InChI is InChI=1S/C17H17FO2/c1-11-8-13(10-14(18)9-11)16(19)15-6-2-4-12-5-3-7-20-17(12)15/h2,4,6,8-10,16,19H,3,5,7H2,1H3. The third-order valence-electron chi connectivity index (χ3n) is 3.64. The molecule has 1 unspecified atom stereocenters. The van der Waals surface area contributed by atoms with Gasteiger partial charge in [0.2, 0.25) is 0 Å². The molecule has 1 heterocycles. The van der Waals surface area contributed by atoms with Gasteiger partial charge in [-0.15, -0.1) is 0 Å². The highest BCUT2D eigenvalue weighted by Gasteiger charge is 2.21. The molecule has 3 rings (SSSR count). The molecule has 0 amide bonds. The van der Waals surface area contributed by atoms with Gasteiger partial charge in [-0.2, -0.15) is 0 Å². The van der Waals surface area contributed by atoms with Gasteiger partial charge in [-0.05, 0) is 48.6 Å². The number of hydrogen-bond donors (Lipinski definition) is 1. The van der Waals surface area contributed by atoms with E-state index in [-0.39, 0.29) is 5.82 Å². The average Bonchev–Trinajstić information content (AvgIpc) is 2.45. The Morgan fingerprint density at radius 1 is 1.25 bits per heavy atom. The Morgan fingerprint density at radius 2 is 2.10 bits per heavy atom. The van der Waals surface area contributed by atoms with Crippen LogP contribution in [-0.2, 0) is 6.42 Å². The summed E-state index contributed by atoms with van der Waals surface area (Å²) < 4.78 is 19.2. The lowest BCUT2D eigenvalue weighted by atomic mass is 9.95. The number of hydrogen-bond acceptors (Lipinski definition) is 2. The van der Waals surface area contributed by atoms with Crippen LogP contribution in [0.25, 0.3) is 0 Å². The fourth-order valence-electron chi connectivity index (χ4n) is 2.73. The van der Waals surface area contributed by atoms with Crippen molar-refractivity contribution in [2.75, 3.05) is 6.61 Å². The van der Waals surface area contributed by atoms with E-state index >= 15 is 0 Å². The van der Waals surface area contributed by atoms with Crippen LogP contribution in [-0.4, -0.2) is 11.7 Å². The maximum atomic E-state index is 13.5. The Hall–Kier alpha value is -1.87. The molecule has 0 radical (unpaired) electrons. The topological polar surface area (TPSA) is 29.5 Å². The summed E-state index contributed by atoms with van der Waals surface area (Å²) in [5.74, 6) is 0.429. The van der Waals surface area contributed by atoms with E-state index in [9.17, 15) is 9.50 Å². The van der Waals surface area contributed by atoms with Crippen molar-refractivity contribution in [2.45, 2.75) is 25.9 Å². The van der Waals surface area contributed by atoms with Gasteiger partial charge in [0.1, 0.15) is 17.7 Å². The lowest BCUT2D eigenvalue weighted by Crippen LogP contribution is -2.12. The first-order chi connectivity index (χ1) is 9.65. The minimum atomic E-state index is -0.863. The van der Waals surface area contributed by atoms with E-state index < -0.39 is 6.10 Å². The zero-order valence-electron chi connectivity index (χ0n) is 11.4. The Balaban J connectivity index is 2.04. The Morgan fingerprint density at radius 3 is 2.90 bits per heavy atom. The molecule has 2 aromatic rings. The SMILES string of the molecule is Cc1cc(F)cc(C(O)c2cccc3c2OCCC3)c1. The second-order valence-corrected chi connectivity index (χ2v) is 5.25. The summed E-state index contributed by atoms with van der Waals surface area (Å²) in [6, 6.07) is 10.4. The van der Waals surface area contributed by atoms with E-state index in [1.165, 1.54) is 12.1 Å². The van der Waals surface area contributed by atoms with Crippen LogP contribution in [0.15, 0.2) is 36.4 Å². The van der Waals surface area contributed by atoms with E-state index in [4.69, 9.17) is 4.74 Å². The fourth-order valence-corrected chi connectivity index (χ4v) is 2.73. The van der Waals surface area contributed by atoms with Crippen LogP contribution in [0.2, 0.25) is 0 Å². The van der Waals surface area contributed by atoms with Gasteiger partial charge in [0.05, 0.1) is 6.61 Å². The van der Waals surface area contributed by atoms with Gasteiger partial charge in [0, 0.05) is 5.56 Å². The normalized spacial score (nSPS) is 15.3. The van der Waals surface area contributed by atoms with Gasteiger partial charge < -0.3 is 9.84 Å². The van der Waals surface area contributed by atoms with E-state index in [0.717, 1.165) is 29.7 Å². The molecule has 0 aromatic heterocycles. The molecule has 2 nitrogen and oxygen atoms in total. The van der Waals surface area contributed by atoms with E-state index in [2.05, 4.69) is 0 Å². The quantitative estimate of drug-likeness (QED) is 0.906. The van der Waals surface area contributed by atoms with Crippen LogP contribution in [0.5, 0.6) is 5.75 Å². The van der Waals surface area contributed by atoms with Crippen LogP contribution in [0.3, 0.4) is 0 Å². The van der Waals surface area contributed by atoms with Crippen LogP contribution < -0.4 is 4.74 Å². The Kier molecular flexibility index (Phi) is 3.45. The van der Waals surface area contributed by atoms with Crippen molar-refractivity contribution in [1.29, 1.82) is 0 Å². The van der Waals surface area contributed by atoms with Gasteiger partial charge in [0.25, 0.3) is 0 Å². The highest BCUT2D eigenvalue weighted by atomic mass is 19.1. The molecule has 1 aliphatic heterocycles. The number of benzene rings is 2. The van der Waals surface area contributed by atoms with Crippen molar-refractivity contribution >= 4 is 0 Å². The van der Waals surface area contributed by atoms with Crippen molar-refractivity contribution in [3.05, 3.63) is 64.5 Å². The summed E-state index contributed by atoms with van der Waals surface area (Å²) in [5, 5.41) is 10.6. The molecule has 1 aliphatic rings. The maximum Gasteiger partial charge on any atom is 0.128 e. The second-order valence-electron chi connectivity index (χ2n) is 5.25. The number of halogens is 1. The number of aliphatic hydroxyl groups is 1. The third kappa shape index (κ3) is 2.41. The Labute approximate surface area is 117 Å². The first kappa shape index (κ1) is 13.1. The molecule has 0 saturated carbocycles. The minimum absolute atomic E-state index is 0.329. The minimum Gasteiger partial charge on any atom is -0.493 e. The first-order valence-electron chi connectivity index (χ1n) is 6.85. The molecule has 104 valence electrons. The van der Waals surface area contributed by atoms with Gasteiger partial charge >= 0.3 is 0 Å². The van der Waals surface area contributed by atoms with Crippen molar-refractivity contribution in [3.8, 4) is 5.75 Å². The lowest BCUT2D eigenvalue weighted by molar-refractivity contribution is 0.206. The predicted molar refractivity (Wildman–Crippen MR) is 75.5 cm³/mol. The summed E-state index contributed by atoms with van der Waals surface area (Å²) in [7, 11) is 0.